The van der Waals surface area contributed by atoms with Crippen LogP contribution < -0.4 is 4.74 Å². The molecule has 1 aromatic rings. The van der Waals surface area contributed by atoms with Crippen LogP contribution in [0.15, 0.2) is 17.7 Å². The number of hydrogen-bond acceptors (Lipinski definition) is 3. The van der Waals surface area contributed by atoms with E-state index in [0.717, 1.165) is 0 Å². The molecule has 0 saturated heterocycles. The number of hydrogen-bond donors (Lipinski definition) is 1. The lowest BCUT2D eigenvalue weighted by Gasteiger charge is -2.09. The summed E-state index contributed by atoms with van der Waals surface area (Å²) in [5.41, 5.74) is 1.11. The Kier molecular flexibility index (Phi) is 5.39. The van der Waals surface area contributed by atoms with Crippen molar-refractivity contribution in [3.05, 3.63) is 33.3 Å². The maximum Gasteiger partial charge on any atom is 0.341 e. The predicted octanol–water partition coefficient (Wildman–Crippen LogP) is 3.45. The van der Waals surface area contributed by atoms with Crippen molar-refractivity contribution in [1.82, 2.24) is 0 Å². The highest BCUT2D eigenvalue weighted by atomic mass is 35.5. The molecular weight excluding hydrogens is 291 g/mol. The van der Waals surface area contributed by atoms with Crippen LogP contribution in [0.5, 0.6) is 5.75 Å². The molecule has 0 spiro atoms. The number of ether oxygens (including phenoxy) is 1. The summed E-state index contributed by atoms with van der Waals surface area (Å²) in [6, 6.07) is 3.12. The normalized spacial score (nSPS) is 11.3. The third kappa shape index (κ3) is 4.26. The molecule has 0 radical (unpaired) electrons. The molecule has 0 aliphatic rings. The van der Waals surface area contributed by atoms with Crippen LogP contribution in [0.1, 0.15) is 19.4 Å². The molecular formula is C13H12Cl2O4. The standard InChI is InChI=1S/C13H12Cl2O4/c1-7(8(2)16)5-9-3-4-10(13(15)12(9)14)19-6-11(17)18/h3-5H,6H2,1-2H3,(H,17,18)/b7-5+. The molecule has 0 aromatic heterocycles. The highest BCUT2D eigenvalue weighted by Crippen LogP contribution is 2.35. The fourth-order valence-electron chi connectivity index (χ4n) is 1.24. The van der Waals surface area contributed by atoms with Gasteiger partial charge in [0.2, 0.25) is 0 Å². The van der Waals surface area contributed by atoms with Crippen molar-refractivity contribution in [2.75, 3.05) is 6.61 Å². The Hall–Kier alpha value is -1.52. The van der Waals surface area contributed by atoms with Crippen LogP contribution in [0.3, 0.4) is 0 Å². The second-order valence-electron chi connectivity index (χ2n) is 3.85. The summed E-state index contributed by atoms with van der Waals surface area (Å²) in [5.74, 6) is -0.992. The summed E-state index contributed by atoms with van der Waals surface area (Å²) in [6.07, 6.45) is 1.61. The Morgan fingerprint density at radius 3 is 2.42 bits per heavy atom. The third-order valence-electron chi connectivity index (χ3n) is 2.36. The van der Waals surface area contributed by atoms with Crippen LogP contribution in [0.25, 0.3) is 6.08 Å². The van der Waals surface area contributed by atoms with Crippen molar-refractivity contribution >= 4 is 41.0 Å². The fraction of sp³-hybridized carbons (Fsp3) is 0.231. The van der Waals surface area contributed by atoms with Gasteiger partial charge in [-0.15, -0.1) is 0 Å². The van der Waals surface area contributed by atoms with Gasteiger partial charge in [-0.1, -0.05) is 23.2 Å². The van der Waals surface area contributed by atoms with Crippen LogP contribution >= 0.6 is 23.2 Å². The number of carboxylic acids is 1. The highest BCUT2D eigenvalue weighted by Gasteiger charge is 2.11. The number of halogens is 2. The first-order valence-electron chi connectivity index (χ1n) is 5.34. The molecule has 0 bridgehead atoms. The van der Waals surface area contributed by atoms with Crippen LogP contribution in [0.4, 0.5) is 0 Å². The van der Waals surface area contributed by atoms with Gasteiger partial charge in [-0.2, -0.15) is 0 Å². The van der Waals surface area contributed by atoms with E-state index in [9.17, 15) is 9.59 Å². The SMILES string of the molecule is CC(=O)/C(C)=C/c1ccc(OCC(=O)O)c(Cl)c1Cl. The van der Waals surface area contributed by atoms with Gasteiger partial charge in [-0.05, 0) is 43.2 Å². The van der Waals surface area contributed by atoms with E-state index in [-0.39, 0.29) is 21.6 Å². The molecule has 0 unspecified atom stereocenters. The van der Waals surface area contributed by atoms with Gasteiger partial charge in [0.1, 0.15) is 10.8 Å². The summed E-state index contributed by atoms with van der Waals surface area (Å²) >= 11 is 12.0. The monoisotopic (exact) mass is 302 g/mol. The molecule has 0 saturated carbocycles. The molecule has 0 atom stereocenters. The molecule has 4 nitrogen and oxygen atoms in total. The quantitative estimate of drug-likeness (QED) is 0.846. The minimum absolute atomic E-state index is 0.0709. The summed E-state index contributed by atoms with van der Waals surface area (Å²) in [4.78, 5) is 21.6. The molecule has 1 rings (SSSR count). The summed E-state index contributed by atoms with van der Waals surface area (Å²) < 4.78 is 4.98. The van der Waals surface area contributed by atoms with Crippen molar-refractivity contribution in [3.63, 3.8) is 0 Å². The molecule has 6 heteroatoms. The Morgan fingerprint density at radius 2 is 1.89 bits per heavy atom. The smallest absolute Gasteiger partial charge is 0.341 e. The van der Waals surface area contributed by atoms with E-state index in [4.69, 9.17) is 33.0 Å². The van der Waals surface area contributed by atoms with Gasteiger partial charge in [0.15, 0.2) is 12.4 Å². The zero-order valence-electron chi connectivity index (χ0n) is 10.4. The number of benzene rings is 1. The molecule has 0 aliphatic heterocycles. The third-order valence-corrected chi connectivity index (χ3v) is 3.23. The number of Topliss-reactive ketones (excluding diaryl/α,β-unsaturated/α-hetero) is 1. The van der Waals surface area contributed by atoms with Crippen molar-refractivity contribution in [2.24, 2.45) is 0 Å². The van der Waals surface area contributed by atoms with Gasteiger partial charge in [0, 0.05) is 0 Å². The summed E-state index contributed by atoms with van der Waals surface area (Å²) in [6.45, 7) is 2.62. The van der Waals surface area contributed by atoms with E-state index in [1.807, 2.05) is 0 Å². The Labute approximate surface area is 120 Å². The summed E-state index contributed by atoms with van der Waals surface area (Å²) in [7, 11) is 0. The molecule has 0 amide bonds. The van der Waals surface area contributed by atoms with Crippen LogP contribution in [-0.4, -0.2) is 23.5 Å². The van der Waals surface area contributed by atoms with E-state index in [2.05, 4.69) is 0 Å². The van der Waals surface area contributed by atoms with Crippen molar-refractivity contribution in [3.8, 4) is 5.75 Å². The lowest BCUT2D eigenvalue weighted by Crippen LogP contribution is -2.09. The minimum Gasteiger partial charge on any atom is -0.480 e. The van der Waals surface area contributed by atoms with Crippen molar-refractivity contribution in [1.29, 1.82) is 0 Å². The molecule has 1 aromatic carbocycles. The summed E-state index contributed by atoms with van der Waals surface area (Å²) in [5, 5.41) is 8.85. The van der Waals surface area contributed by atoms with E-state index >= 15 is 0 Å². The van der Waals surface area contributed by atoms with Gasteiger partial charge in [-0.3, -0.25) is 4.79 Å². The Morgan fingerprint density at radius 1 is 1.26 bits per heavy atom. The maximum absolute atomic E-state index is 11.2. The number of rotatable bonds is 5. The number of carbonyl (C=O) groups is 2. The van der Waals surface area contributed by atoms with Gasteiger partial charge >= 0.3 is 5.97 Å². The van der Waals surface area contributed by atoms with Crippen LogP contribution in [0, 0.1) is 0 Å². The van der Waals surface area contributed by atoms with Crippen LogP contribution in [0.2, 0.25) is 10.0 Å². The Bertz CT molecular complexity index is 550. The first-order valence-corrected chi connectivity index (χ1v) is 6.10. The van der Waals surface area contributed by atoms with Gasteiger partial charge in [0.05, 0.1) is 5.02 Å². The fourth-order valence-corrected chi connectivity index (χ4v) is 1.68. The maximum atomic E-state index is 11.2. The first-order chi connectivity index (χ1) is 8.82. The second kappa shape index (κ2) is 6.59. The molecule has 0 aliphatic carbocycles. The Balaban J connectivity index is 3.07. The molecule has 0 fully saturated rings. The average molecular weight is 303 g/mol. The van der Waals surface area contributed by atoms with Gasteiger partial charge in [0.25, 0.3) is 0 Å². The number of carbonyl (C=O) groups excluding carboxylic acids is 1. The number of ketones is 1. The van der Waals surface area contributed by atoms with E-state index in [1.54, 1.807) is 19.1 Å². The van der Waals surface area contributed by atoms with Crippen LogP contribution in [-0.2, 0) is 9.59 Å². The van der Waals surface area contributed by atoms with Crippen molar-refractivity contribution < 1.29 is 19.4 Å². The lowest BCUT2D eigenvalue weighted by atomic mass is 10.1. The largest absolute Gasteiger partial charge is 0.480 e. The molecule has 102 valence electrons. The highest BCUT2D eigenvalue weighted by molar-refractivity contribution is 6.43. The predicted molar refractivity (Wildman–Crippen MR) is 73.9 cm³/mol. The molecule has 19 heavy (non-hydrogen) atoms. The number of aliphatic carboxylic acids is 1. The second-order valence-corrected chi connectivity index (χ2v) is 4.60. The number of carboxylic acid groups (broad SMARTS) is 1. The van der Waals surface area contributed by atoms with E-state index in [0.29, 0.717) is 11.1 Å². The van der Waals surface area contributed by atoms with Gasteiger partial charge in [-0.25, -0.2) is 4.79 Å². The number of allylic oxidation sites excluding steroid dienone is 1. The van der Waals surface area contributed by atoms with E-state index in [1.165, 1.54) is 13.0 Å². The molecule has 0 heterocycles. The zero-order chi connectivity index (χ0) is 14.6. The minimum atomic E-state index is -1.11. The van der Waals surface area contributed by atoms with E-state index < -0.39 is 12.6 Å². The average Bonchev–Trinajstić information content (AvgIpc) is 2.33. The molecule has 1 N–H and O–H groups in total. The lowest BCUT2D eigenvalue weighted by molar-refractivity contribution is -0.139. The zero-order valence-corrected chi connectivity index (χ0v) is 11.9. The van der Waals surface area contributed by atoms with Crippen molar-refractivity contribution in [2.45, 2.75) is 13.8 Å². The van der Waals surface area contributed by atoms with Gasteiger partial charge < -0.3 is 9.84 Å². The topological polar surface area (TPSA) is 63.6 Å². The first kappa shape index (κ1) is 15.5.